The Morgan fingerprint density at radius 3 is 2.88 bits per heavy atom. The first-order valence-electron chi connectivity index (χ1n) is 5.95. The first kappa shape index (κ1) is 13.8. The molecule has 2 atom stereocenters. The van der Waals surface area contributed by atoms with Crippen molar-refractivity contribution in [1.82, 2.24) is 10.2 Å². The smallest absolute Gasteiger partial charge is 0.326 e. The molecule has 0 saturated carbocycles. The van der Waals surface area contributed by atoms with Crippen molar-refractivity contribution in [3.05, 3.63) is 0 Å². The van der Waals surface area contributed by atoms with Gasteiger partial charge < -0.3 is 20.1 Å². The van der Waals surface area contributed by atoms with Gasteiger partial charge in [-0.2, -0.15) is 0 Å². The Morgan fingerprint density at radius 1 is 1.59 bits per heavy atom. The largest absolute Gasteiger partial charge is 0.480 e. The van der Waals surface area contributed by atoms with Crippen LogP contribution in [0.2, 0.25) is 0 Å². The van der Waals surface area contributed by atoms with Gasteiger partial charge in [-0.1, -0.05) is 0 Å². The molecular formula is C11H20N2O4. The number of carbonyl (C=O) groups is 2. The molecule has 2 amide bonds. The molecule has 0 aromatic heterocycles. The number of hydrogen-bond acceptors (Lipinski definition) is 3. The molecule has 1 saturated heterocycles. The summed E-state index contributed by atoms with van der Waals surface area (Å²) in [5.74, 6) is -0.935. The highest BCUT2D eigenvalue weighted by molar-refractivity contribution is 5.83. The summed E-state index contributed by atoms with van der Waals surface area (Å²) in [5, 5.41) is 11.6. The van der Waals surface area contributed by atoms with Gasteiger partial charge in [0.2, 0.25) is 0 Å². The lowest BCUT2D eigenvalue weighted by molar-refractivity contribution is -0.141. The fourth-order valence-corrected chi connectivity index (χ4v) is 1.94. The van der Waals surface area contributed by atoms with Gasteiger partial charge >= 0.3 is 12.0 Å². The number of carboxylic acids is 1. The summed E-state index contributed by atoms with van der Waals surface area (Å²) in [5.41, 5.74) is 0. The number of urea groups is 1. The molecule has 0 aliphatic carbocycles. The second-order valence-electron chi connectivity index (χ2n) is 4.14. The second-order valence-corrected chi connectivity index (χ2v) is 4.14. The summed E-state index contributed by atoms with van der Waals surface area (Å²) in [6, 6.07) is -1.00. The van der Waals surface area contributed by atoms with Crippen LogP contribution in [0.1, 0.15) is 26.7 Å². The Balaban J connectivity index is 2.39. The number of amides is 2. The first-order valence-corrected chi connectivity index (χ1v) is 5.95. The van der Waals surface area contributed by atoms with Crippen molar-refractivity contribution in [2.75, 3.05) is 19.7 Å². The highest BCUT2D eigenvalue weighted by atomic mass is 16.5. The van der Waals surface area contributed by atoms with Crippen LogP contribution in [0.3, 0.4) is 0 Å². The number of ether oxygens (including phenoxy) is 1. The third kappa shape index (κ3) is 3.89. The zero-order valence-electron chi connectivity index (χ0n) is 10.3. The van der Waals surface area contributed by atoms with E-state index in [1.54, 1.807) is 0 Å². The number of hydrogen-bond donors (Lipinski definition) is 2. The maximum atomic E-state index is 11.8. The normalized spacial score (nSPS) is 21.3. The molecule has 1 aliphatic rings. The third-order valence-electron chi connectivity index (χ3n) is 2.79. The Morgan fingerprint density at radius 2 is 2.29 bits per heavy atom. The molecule has 1 unspecified atom stereocenters. The predicted molar refractivity (Wildman–Crippen MR) is 61.9 cm³/mol. The highest BCUT2D eigenvalue weighted by Crippen LogP contribution is 2.17. The predicted octanol–water partition coefficient (Wildman–Crippen LogP) is 0.670. The van der Waals surface area contributed by atoms with Gasteiger partial charge in [-0.15, -0.1) is 0 Å². The van der Waals surface area contributed by atoms with Crippen LogP contribution in [-0.4, -0.2) is 53.8 Å². The van der Waals surface area contributed by atoms with Gasteiger partial charge in [-0.3, -0.25) is 0 Å². The van der Waals surface area contributed by atoms with Gasteiger partial charge in [0.25, 0.3) is 0 Å². The lowest BCUT2D eigenvalue weighted by atomic mass is 10.2. The minimum Gasteiger partial charge on any atom is -0.480 e. The van der Waals surface area contributed by atoms with E-state index in [0.717, 1.165) is 6.42 Å². The van der Waals surface area contributed by atoms with E-state index in [-0.39, 0.29) is 12.1 Å². The van der Waals surface area contributed by atoms with E-state index in [9.17, 15) is 9.59 Å². The van der Waals surface area contributed by atoms with Gasteiger partial charge in [0.05, 0.1) is 6.10 Å². The van der Waals surface area contributed by atoms with Crippen LogP contribution in [0.15, 0.2) is 0 Å². The molecule has 17 heavy (non-hydrogen) atoms. The SMILES string of the molecule is CCOC(C)CNC(=O)N1CCC[C@H]1C(=O)O. The standard InChI is InChI=1S/C11H20N2O4/c1-3-17-8(2)7-12-11(16)13-6-4-5-9(13)10(14)15/h8-9H,3-7H2,1-2H3,(H,12,16)(H,14,15)/t8?,9-/m0/s1. The van der Waals surface area contributed by atoms with Gasteiger partial charge in [0, 0.05) is 19.7 Å². The molecule has 6 heteroatoms. The average molecular weight is 244 g/mol. The van der Waals surface area contributed by atoms with E-state index < -0.39 is 12.0 Å². The minimum absolute atomic E-state index is 0.0603. The summed E-state index contributed by atoms with van der Waals surface area (Å²) in [6.45, 7) is 5.25. The summed E-state index contributed by atoms with van der Waals surface area (Å²) >= 11 is 0. The first-order chi connectivity index (χ1) is 8.06. The van der Waals surface area contributed by atoms with E-state index in [0.29, 0.717) is 26.1 Å². The summed E-state index contributed by atoms with van der Waals surface area (Å²) in [6.07, 6.45) is 1.21. The molecule has 1 rings (SSSR count). The minimum atomic E-state index is -0.935. The van der Waals surface area contributed by atoms with E-state index in [1.165, 1.54) is 4.90 Å². The fourth-order valence-electron chi connectivity index (χ4n) is 1.94. The Labute approximate surface area is 101 Å². The van der Waals surface area contributed by atoms with Crippen LogP contribution in [0.5, 0.6) is 0 Å². The van der Waals surface area contributed by atoms with Crippen molar-refractivity contribution in [3.63, 3.8) is 0 Å². The van der Waals surface area contributed by atoms with Gasteiger partial charge in [-0.05, 0) is 26.7 Å². The molecule has 0 radical (unpaired) electrons. The molecule has 1 heterocycles. The number of carbonyl (C=O) groups excluding carboxylic acids is 1. The van der Waals surface area contributed by atoms with Crippen molar-refractivity contribution in [2.45, 2.75) is 38.8 Å². The van der Waals surface area contributed by atoms with E-state index in [1.807, 2.05) is 13.8 Å². The molecule has 0 aromatic carbocycles. The van der Waals surface area contributed by atoms with Crippen molar-refractivity contribution < 1.29 is 19.4 Å². The molecule has 98 valence electrons. The lowest BCUT2D eigenvalue weighted by Crippen LogP contribution is -2.47. The van der Waals surface area contributed by atoms with Gasteiger partial charge in [0.1, 0.15) is 6.04 Å². The van der Waals surface area contributed by atoms with Crippen molar-refractivity contribution in [3.8, 4) is 0 Å². The van der Waals surface area contributed by atoms with Crippen LogP contribution < -0.4 is 5.32 Å². The number of nitrogens with one attached hydrogen (secondary N) is 1. The number of aliphatic carboxylic acids is 1. The fraction of sp³-hybridized carbons (Fsp3) is 0.818. The number of carboxylic acid groups (broad SMARTS) is 1. The Kier molecular flexibility index (Phi) is 5.21. The van der Waals surface area contributed by atoms with Gasteiger partial charge in [-0.25, -0.2) is 9.59 Å². The summed E-state index contributed by atoms with van der Waals surface area (Å²) in [4.78, 5) is 24.1. The third-order valence-corrected chi connectivity index (χ3v) is 2.79. The molecule has 0 spiro atoms. The van der Waals surface area contributed by atoms with Gasteiger partial charge in [0.15, 0.2) is 0 Å². The average Bonchev–Trinajstić information content (AvgIpc) is 2.75. The molecule has 1 fully saturated rings. The van der Waals surface area contributed by atoms with Crippen LogP contribution in [0, 0.1) is 0 Å². The monoisotopic (exact) mass is 244 g/mol. The quantitative estimate of drug-likeness (QED) is 0.745. The van der Waals surface area contributed by atoms with Crippen LogP contribution in [-0.2, 0) is 9.53 Å². The van der Waals surface area contributed by atoms with Crippen molar-refractivity contribution >= 4 is 12.0 Å². The number of likely N-dealkylation sites (tertiary alicyclic amines) is 1. The number of nitrogens with zero attached hydrogens (tertiary/aromatic N) is 1. The molecule has 0 aromatic rings. The van der Waals surface area contributed by atoms with E-state index >= 15 is 0 Å². The molecule has 1 aliphatic heterocycles. The van der Waals surface area contributed by atoms with E-state index in [4.69, 9.17) is 9.84 Å². The van der Waals surface area contributed by atoms with Crippen molar-refractivity contribution in [2.24, 2.45) is 0 Å². The van der Waals surface area contributed by atoms with Crippen LogP contribution in [0.4, 0.5) is 4.79 Å². The maximum absolute atomic E-state index is 11.8. The topological polar surface area (TPSA) is 78.9 Å². The van der Waals surface area contributed by atoms with E-state index in [2.05, 4.69) is 5.32 Å². The summed E-state index contributed by atoms with van der Waals surface area (Å²) < 4.78 is 5.28. The molecule has 0 bridgehead atoms. The second kappa shape index (κ2) is 6.44. The van der Waals surface area contributed by atoms with Crippen LogP contribution in [0.25, 0.3) is 0 Å². The van der Waals surface area contributed by atoms with Crippen LogP contribution >= 0.6 is 0 Å². The lowest BCUT2D eigenvalue weighted by Gasteiger charge is -2.22. The molecular weight excluding hydrogens is 224 g/mol. The molecule has 6 nitrogen and oxygen atoms in total. The molecule has 2 N–H and O–H groups in total. The highest BCUT2D eigenvalue weighted by Gasteiger charge is 2.33. The summed E-state index contributed by atoms with van der Waals surface area (Å²) in [7, 11) is 0. The number of rotatable bonds is 5. The zero-order chi connectivity index (χ0) is 12.8. The maximum Gasteiger partial charge on any atom is 0.326 e. The Bertz CT molecular complexity index is 283. The Hall–Kier alpha value is -1.30. The zero-order valence-corrected chi connectivity index (χ0v) is 10.3. The van der Waals surface area contributed by atoms with Crippen molar-refractivity contribution in [1.29, 1.82) is 0 Å².